The van der Waals surface area contributed by atoms with Crippen molar-refractivity contribution >= 4 is 36.6 Å². The van der Waals surface area contributed by atoms with Crippen LogP contribution in [0.4, 0.5) is 0 Å². The number of rotatable bonds is 8. The lowest BCUT2D eigenvalue weighted by molar-refractivity contribution is -0.0509. The Bertz CT molecular complexity index is 1030. The maximum Gasteiger partial charge on any atom is 0.351 e. The van der Waals surface area contributed by atoms with Crippen molar-refractivity contribution in [2.45, 2.75) is 141 Å². The van der Waals surface area contributed by atoms with Crippen LogP contribution in [0.15, 0.2) is 17.1 Å². The van der Waals surface area contributed by atoms with Gasteiger partial charge in [0.15, 0.2) is 31.2 Å². The van der Waals surface area contributed by atoms with Gasteiger partial charge in [-0.25, -0.2) is 4.79 Å². The molecule has 0 unspecified atom stereocenters. The monoisotopic (exact) mass is 604 g/mol. The highest BCUT2D eigenvalue weighted by atomic mass is 35.5. The maximum atomic E-state index is 13.0. The van der Waals surface area contributed by atoms with E-state index in [1.807, 2.05) is 0 Å². The third kappa shape index (κ3) is 7.48. The Morgan fingerprint density at radius 1 is 0.842 bits per heavy atom. The Labute approximate surface area is 239 Å². The first-order valence-electron chi connectivity index (χ1n) is 13.7. The van der Waals surface area contributed by atoms with Crippen LogP contribution in [-0.2, 0) is 18.0 Å². The van der Waals surface area contributed by atoms with Gasteiger partial charge >= 0.3 is 5.69 Å². The highest BCUT2D eigenvalue weighted by Crippen LogP contribution is 2.46. The molecular weight excluding hydrogens is 552 g/mol. The minimum Gasteiger partial charge on any atom is -0.414 e. The largest absolute Gasteiger partial charge is 0.414 e. The number of nitrogens with zero attached hydrogens (tertiary/aromatic N) is 2. The van der Waals surface area contributed by atoms with Crippen LogP contribution in [0.3, 0.4) is 0 Å². The molecule has 1 aromatic heterocycles. The van der Waals surface area contributed by atoms with Crippen LogP contribution < -0.4 is 5.69 Å². The molecule has 1 aromatic rings. The zero-order valence-corrected chi connectivity index (χ0v) is 30.2. The van der Waals surface area contributed by atoms with E-state index in [0.29, 0.717) is 6.61 Å². The molecule has 0 saturated carbocycles. The summed E-state index contributed by atoms with van der Waals surface area (Å²) in [4.78, 5) is 17.0. The molecule has 0 spiro atoms. The second kappa shape index (κ2) is 11.2. The Balaban J connectivity index is 2.64. The second-order valence-electron chi connectivity index (χ2n) is 15.3. The first-order valence-corrected chi connectivity index (χ1v) is 22.8. The molecule has 1 aliphatic rings. The fraction of sp³-hybridized carbons (Fsp3) is 0.852. The molecule has 1 aliphatic heterocycles. The standard InChI is InChI=1S/C27H53ClN2O5Si3/c1-25(2,3)36(10,11)32-18-19-21(34-37(12,13)26(4,5)6)22(35-38(14,15)27(7,8)9)23(33-19)30-17-16-20(28)29-24(30)31/h16-17,19,21-23H,18H2,1-15H3/t19-,21+,22+,23-/m1/s1. The van der Waals surface area contributed by atoms with E-state index in [0.717, 1.165) is 0 Å². The number of ether oxygens (including phenoxy) is 1. The lowest BCUT2D eigenvalue weighted by Gasteiger charge is -2.44. The van der Waals surface area contributed by atoms with Gasteiger partial charge in [-0.15, -0.1) is 0 Å². The third-order valence-electron chi connectivity index (χ3n) is 9.24. The molecule has 0 radical (unpaired) electrons. The van der Waals surface area contributed by atoms with Crippen molar-refractivity contribution in [3.05, 3.63) is 27.9 Å². The molecule has 38 heavy (non-hydrogen) atoms. The summed E-state index contributed by atoms with van der Waals surface area (Å²) < 4.78 is 29.0. The second-order valence-corrected chi connectivity index (χ2v) is 30.0. The van der Waals surface area contributed by atoms with E-state index in [1.165, 1.54) is 4.57 Å². The van der Waals surface area contributed by atoms with Gasteiger partial charge in [0.25, 0.3) is 0 Å². The quantitative estimate of drug-likeness (QED) is 0.225. The van der Waals surface area contributed by atoms with E-state index in [4.69, 9.17) is 29.6 Å². The molecule has 0 bridgehead atoms. The summed E-state index contributed by atoms with van der Waals surface area (Å²) in [6, 6.07) is 1.61. The fourth-order valence-corrected chi connectivity index (χ4v) is 7.21. The van der Waals surface area contributed by atoms with Crippen LogP contribution in [0, 0.1) is 0 Å². The van der Waals surface area contributed by atoms with E-state index in [1.54, 1.807) is 12.3 Å². The van der Waals surface area contributed by atoms with Crippen molar-refractivity contribution in [1.82, 2.24) is 9.55 Å². The van der Waals surface area contributed by atoms with Crippen molar-refractivity contribution in [3.63, 3.8) is 0 Å². The molecular formula is C27H53ClN2O5Si3. The van der Waals surface area contributed by atoms with Crippen molar-refractivity contribution in [2.24, 2.45) is 0 Å². The van der Waals surface area contributed by atoms with Gasteiger partial charge in [-0.2, -0.15) is 4.98 Å². The molecule has 0 amide bonds. The van der Waals surface area contributed by atoms with Gasteiger partial charge in [0, 0.05) is 6.20 Å². The molecule has 1 fully saturated rings. The van der Waals surface area contributed by atoms with Crippen LogP contribution in [0.1, 0.15) is 68.5 Å². The van der Waals surface area contributed by atoms with Crippen molar-refractivity contribution in [3.8, 4) is 0 Å². The van der Waals surface area contributed by atoms with Crippen LogP contribution in [0.2, 0.25) is 59.5 Å². The van der Waals surface area contributed by atoms with Crippen molar-refractivity contribution < 1.29 is 18.0 Å². The fourth-order valence-electron chi connectivity index (χ4n) is 3.46. The van der Waals surface area contributed by atoms with E-state index in [-0.39, 0.29) is 20.3 Å². The summed E-state index contributed by atoms with van der Waals surface area (Å²) in [6.45, 7) is 33.8. The van der Waals surface area contributed by atoms with Crippen LogP contribution in [-0.4, -0.2) is 59.4 Å². The average Bonchev–Trinajstić information content (AvgIpc) is 3.00. The highest BCUT2D eigenvalue weighted by molar-refractivity contribution is 6.75. The predicted octanol–water partition coefficient (Wildman–Crippen LogP) is 7.60. The van der Waals surface area contributed by atoms with Gasteiger partial charge in [0.05, 0.1) is 6.61 Å². The SMILES string of the molecule is CC(C)(C)[Si](C)(C)OC[C@H]1O[C@@H](n2ccc(Cl)nc2=O)[C@@H](O[Si](C)(C)C(C)(C)C)[C@H]1O[Si](C)(C)C(C)(C)C. The summed E-state index contributed by atoms with van der Waals surface area (Å²) >= 11 is 6.04. The summed E-state index contributed by atoms with van der Waals surface area (Å²) in [5.41, 5.74) is -0.469. The third-order valence-corrected chi connectivity index (χ3v) is 22.9. The molecule has 1 saturated heterocycles. The summed E-state index contributed by atoms with van der Waals surface area (Å²) in [6.07, 6.45) is -0.365. The number of aromatic nitrogens is 2. The van der Waals surface area contributed by atoms with Crippen molar-refractivity contribution in [2.75, 3.05) is 6.61 Å². The molecule has 0 aliphatic carbocycles. The average molecular weight is 605 g/mol. The molecule has 220 valence electrons. The molecule has 4 atom stereocenters. The van der Waals surface area contributed by atoms with Gasteiger partial charge in [0.1, 0.15) is 23.5 Å². The summed E-state index contributed by atoms with van der Waals surface area (Å²) in [5.74, 6) is 0. The summed E-state index contributed by atoms with van der Waals surface area (Å²) in [7, 11) is -6.62. The lowest BCUT2D eigenvalue weighted by Crippen LogP contribution is -2.54. The normalized spacial score (nSPS) is 24.2. The van der Waals surface area contributed by atoms with Crippen molar-refractivity contribution in [1.29, 1.82) is 0 Å². The van der Waals surface area contributed by atoms with Crippen LogP contribution >= 0.6 is 11.6 Å². The zero-order chi connectivity index (χ0) is 29.7. The smallest absolute Gasteiger partial charge is 0.351 e. The molecule has 0 aromatic carbocycles. The minimum atomic E-state index is -2.29. The number of halogens is 1. The molecule has 11 heteroatoms. The van der Waals surface area contributed by atoms with E-state index >= 15 is 0 Å². The van der Waals surface area contributed by atoms with E-state index in [9.17, 15) is 4.79 Å². The summed E-state index contributed by atoms with van der Waals surface area (Å²) in [5, 5.41) is 0.140. The lowest BCUT2D eigenvalue weighted by atomic mass is 10.1. The van der Waals surface area contributed by atoms with E-state index < -0.39 is 55.2 Å². The van der Waals surface area contributed by atoms with Gasteiger partial charge in [-0.05, 0) is 60.5 Å². The van der Waals surface area contributed by atoms with Gasteiger partial charge in [-0.3, -0.25) is 4.57 Å². The van der Waals surface area contributed by atoms with Gasteiger partial charge in [0.2, 0.25) is 0 Å². The Morgan fingerprint density at radius 3 is 1.71 bits per heavy atom. The first kappa shape index (κ1) is 33.9. The molecule has 2 heterocycles. The Hall–Kier alpha value is -0.339. The van der Waals surface area contributed by atoms with Gasteiger partial charge in [-0.1, -0.05) is 73.9 Å². The number of hydrogen-bond donors (Lipinski definition) is 0. The Kier molecular flexibility index (Phi) is 9.94. The number of hydrogen-bond acceptors (Lipinski definition) is 6. The van der Waals surface area contributed by atoms with Crippen LogP contribution in [0.5, 0.6) is 0 Å². The zero-order valence-electron chi connectivity index (χ0n) is 26.5. The van der Waals surface area contributed by atoms with Gasteiger partial charge < -0.3 is 18.0 Å². The topological polar surface area (TPSA) is 71.8 Å². The predicted molar refractivity (Wildman–Crippen MR) is 165 cm³/mol. The first-order chi connectivity index (χ1) is 16.8. The highest BCUT2D eigenvalue weighted by Gasteiger charge is 2.55. The molecule has 2 rings (SSSR count). The van der Waals surface area contributed by atoms with Crippen LogP contribution in [0.25, 0.3) is 0 Å². The minimum absolute atomic E-state index is 0.0177. The molecule has 0 N–H and O–H groups in total. The van der Waals surface area contributed by atoms with E-state index in [2.05, 4.69) is 107 Å². The Morgan fingerprint density at radius 2 is 1.29 bits per heavy atom. The molecule has 7 nitrogen and oxygen atoms in total. The maximum absolute atomic E-state index is 13.0.